The van der Waals surface area contributed by atoms with Crippen molar-refractivity contribution >= 4 is 22.7 Å². The summed E-state index contributed by atoms with van der Waals surface area (Å²) in [7, 11) is 0. The third-order valence-corrected chi connectivity index (χ3v) is 4.93. The second kappa shape index (κ2) is 6.68. The van der Waals surface area contributed by atoms with Gasteiger partial charge in [-0.25, -0.2) is 4.98 Å². The number of nitrogens with one attached hydrogen (secondary N) is 2. The number of aliphatic hydroxyl groups excluding tert-OH is 1. The number of nitrogens with two attached hydrogens (primary N) is 1. The van der Waals surface area contributed by atoms with E-state index in [1.54, 1.807) is 6.20 Å². The molecule has 2 aromatic heterocycles. The number of nitrogens with zero attached hydrogens (tertiary/aromatic N) is 3. The molecule has 0 spiro atoms. The van der Waals surface area contributed by atoms with E-state index in [2.05, 4.69) is 25.5 Å². The molecule has 1 fully saturated rings. The SMILES string of the molecule is Nc1nc(NC[C@@H]2CCCC[C@@H]2O)c2ccc(-c3ccn[nH]3)cc2n1. The summed E-state index contributed by atoms with van der Waals surface area (Å²) in [5.41, 5.74) is 8.61. The average Bonchev–Trinajstić information content (AvgIpc) is 3.15. The van der Waals surface area contributed by atoms with Crippen molar-refractivity contribution in [3.05, 3.63) is 30.5 Å². The van der Waals surface area contributed by atoms with Gasteiger partial charge in [0.15, 0.2) is 0 Å². The lowest BCUT2D eigenvalue weighted by Crippen LogP contribution is -2.30. The molecule has 0 aliphatic heterocycles. The van der Waals surface area contributed by atoms with Crippen molar-refractivity contribution in [3.63, 3.8) is 0 Å². The highest BCUT2D eigenvalue weighted by Gasteiger charge is 2.23. The van der Waals surface area contributed by atoms with E-state index in [0.717, 1.165) is 47.2 Å². The van der Waals surface area contributed by atoms with Crippen molar-refractivity contribution in [2.45, 2.75) is 31.8 Å². The van der Waals surface area contributed by atoms with Crippen LogP contribution in [0, 0.1) is 5.92 Å². The third-order valence-electron chi connectivity index (χ3n) is 4.93. The van der Waals surface area contributed by atoms with Crippen molar-refractivity contribution < 1.29 is 5.11 Å². The number of nitrogen functional groups attached to an aromatic ring is 1. The van der Waals surface area contributed by atoms with Gasteiger partial charge in [-0.15, -0.1) is 0 Å². The molecule has 5 N–H and O–H groups in total. The molecule has 1 aliphatic rings. The Balaban J connectivity index is 1.62. The molecule has 2 atom stereocenters. The maximum Gasteiger partial charge on any atom is 0.222 e. The van der Waals surface area contributed by atoms with Gasteiger partial charge in [0.2, 0.25) is 5.95 Å². The molecular formula is C18H22N6O. The molecule has 0 amide bonds. The number of aromatic nitrogens is 4. The zero-order valence-electron chi connectivity index (χ0n) is 13.9. The van der Waals surface area contributed by atoms with Gasteiger partial charge in [0.05, 0.1) is 17.3 Å². The molecule has 4 rings (SSSR count). The van der Waals surface area contributed by atoms with Gasteiger partial charge in [0.1, 0.15) is 5.82 Å². The van der Waals surface area contributed by atoms with Gasteiger partial charge in [-0.3, -0.25) is 5.10 Å². The molecule has 0 bridgehead atoms. The molecule has 25 heavy (non-hydrogen) atoms. The first-order chi connectivity index (χ1) is 12.2. The van der Waals surface area contributed by atoms with Crippen LogP contribution >= 0.6 is 0 Å². The summed E-state index contributed by atoms with van der Waals surface area (Å²) in [5, 5.41) is 21.4. The number of anilines is 2. The highest BCUT2D eigenvalue weighted by molar-refractivity contribution is 5.92. The number of rotatable bonds is 4. The second-order valence-electron chi connectivity index (χ2n) is 6.63. The molecule has 0 radical (unpaired) electrons. The van der Waals surface area contributed by atoms with Crippen LogP contribution in [0.3, 0.4) is 0 Å². The number of hydrogen-bond acceptors (Lipinski definition) is 6. The summed E-state index contributed by atoms with van der Waals surface area (Å²) in [6, 6.07) is 7.89. The normalized spacial score (nSPS) is 20.7. The summed E-state index contributed by atoms with van der Waals surface area (Å²) in [4.78, 5) is 8.72. The van der Waals surface area contributed by atoms with Crippen LogP contribution in [0.5, 0.6) is 0 Å². The number of aromatic amines is 1. The molecule has 0 saturated heterocycles. The van der Waals surface area contributed by atoms with Gasteiger partial charge in [-0.1, -0.05) is 18.9 Å². The van der Waals surface area contributed by atoms with E-state index in [1.165, 1.54) is 6.42 Å². The predicted molar refractivity (Wildman–Crippen MR) is 98.0 cm³/mol. The van der Waals surface area contributed by atoms with Gasteiger partial charge in [0.25, 0.3) is 0 Å². The fourth-order valence-electron chi connectivity index (χ4n) is 3.52. The summed E-state index contributed by atoms with van der Waals surface area (Å²) >= 11 is 0. The second-order valence-corrected chi connectivity index (χ2v) is 6.63. The fraction of sp³-hybridized carbons (Fsp3) is 0.389. The zero-order chi connectivity index (χ0) is 17.2. The monoisotopic (exact) mass is 338 g/mol. The molecule has 1 aliphatic carbocycles. The number of H-pyrrole nitrogens is 1. The number of aliphatic hydroxyl groups is 1. The van der Waals surface area contributed by atoms with Gasteiger partial charge in [-0.05, 0) is 31.0 Å². The first-order valence-corrected chi connectivity index (χ1v) is 8.69. The van der Waals surface area contributed by atoms with Crippen LogP contribution in [0.25, 0.3) is 22.2 Å². The van der Waals surface area contributed by atoms with Gasteiger partial charge in [0, 0.05) is 29.6 Å². The molecule has 0 unspecified atom stereocenters. The average molecular weight is 338 g/mol. The summed E-state index contributed by atoms with van der Waals surface area (Å²) < 4.78 is 0. The Labute approximate surface area is 145 Å². The number of hydrogen-bond donors (Lipinski definition) is 4. The smallest absolute Gasteiger partial charge is 0.222 e. The lowest BCUT2D eigenvalue weighted by molar-refractivity contribution is 0.0763. The van der Waals surface area contributed by atoms with Gasteiger partial charge in [-0.2, -0.15) is 10.1 Å². The Hall–Kier alpha value is -2.67. The van der Waals surface area contributed by atoms with Crippen LogP contribution in [0.2, 0.25) is 0 Å². The Kier molecular flexibility index (Phi) is 4.23. The highest BCUT2D eigenvalue weighted by atomic mass is 16.3. The van der Waals surface area contributed by atoms with Crippen LogP contribution < -0.4 is 11.1 Å². The van der Waals surface area contributed by atoms with Crippen LogP contribution in [-0.2, 0) is 0 Å². The molecule has 1 aromatic carbocycles. The topological polar surface area (TPSA) is 113 Å². The standard InChI is InChI=1S/C18H22N6O/c19-18-22-15-9-11(14-7-8-21-24-14)5-6-13(15)17(23-18)20-10-12-3-1-2-4-16(12)25/h5-9,12,16,25H,1-4,10H2,(H,21,24)(H3,19,20,22,23)/t12-,16-/m0/s1. The van der Waals surface area contributed by atoms with Crippen LogP contribution in [0.4, 0.5) is 11.8 Å². The van der Waals surface area contributed by atoms with E-state index >= 15 is 0 Å². The van der Waals surface area contributed by atoms with Crippen molar-refractivity contribution in [2.75, 3.05) is 17.6 Å². The van der Waals surface area contributed by atoms with E-state index in [0.29, 0.717) is 6.54 Å². The van der Waals surface area contributed by atoms with E-state index in [-0.39, 0.29) is 18.0 Å². The van der Waals surface area contributed by atoms with Crippen molar-refractivity contribution in [1.29, 1.82) is 0 Å². The van der Waals surface area contributed by atoms with Crippen LogP contribution in [0.15, 0.2) is 30.5 Å². The molecular weight excluding hydrogens is 316 g/mol. The largest absolute Gasteiger partial charge is 0.393 e. The minimum absolute atomic E-state index is 0.237. The van der Waals surface area contributed by atoms with Crippen molar-refractivity contribution in [3.8, 4) is 11.3 Å². The minimum atomic E-state index is -0.237. The minimum Gasteiger partial charge on any atom is -0.393 e. The first-order valence-electron chi connectivity index (χ1n) is 8.69. The Morgan fingerprint density at radius 1 is 1.20 bits per heavy atom. The molecule has 130 valence electrons. The highest BCUT2D eigenvalue weighted by Crippen LogP contribution is 2.28. The maximum absolute atomic E-state index is 10.2. The first kappa shape index (κ1) is 15.8. The van der Waals surface area contributed by atoms with E-state index in [1.807, 2.05) is 24.3 Å². The summed E-state index contributed by atoms with van der Waals surface area (Å²) in [6.45, 7) is 0.690. The van der Waals surface area contributed by atoms with Gasteiger partial charge >= 0.3 is 0 Å². The van der Waals surface area contributed by atoms with E-state index in [9.17, 15) is 5.11 Å². The molecule has 7 nitrogen and oxygen atoms in total. The molecule has 2 heterocycles. The lowest BCUT2D eigenvalue weighted by atomic mass is 9.86. The zero-order valence-corrected chi connectivity index (χ0v) is 13.9. The molecule has 7 heteroatoms. The Morgan fingerprint density at radius 3 is 2.88 bits per heavy atom. The maximum atomic E-state index is 10.2. The Bertz CT molecular complexity index is 863. The number of benzene rings is 1. The fourth-order valence-corrected chi connectivity index (χ4v) is 3.52. The van der Waals surface area contributed by atoms with E-state index < -0.39 is 0 Å². The van der Waals surface area contributed by atoms with Gasteiger partial charge < -0.3 is 16.2 Å². The molecule has 1 saturated carbocycles. The summed E-state index contributed by atoms with van der Waals surface area (Å²) in [5.74, 6) is 1.21. The summed E-state index contributed by atoms with van der Waals surface area (Å²) in [6.07, 6.45) is 5.68. The van der Waals surface area contributed by atoms with Crippen molar-refractivity contribution in [2.24, 2.45) is 5.92 Å². The van der Waals surface area contributed by atoms with Crippen LogP contribution in [0.1, 0.15) is 25.7 Å². The van der Waals surface area contributed by atoms with Crippen LogP contribution in [-0.4, -0.2) is 37.9 Å². The Morgan fingerprint density at radius 2 is 2.08 bits per heavy atom. The van der Waals surface area contributed by atoms with E-state index in [4.69, 9.17) is 5.73 Å². The predicted octanol–water partition coefficient (Wildman–Crippen LogP) is 2.57. The molecule has 3 aromatic rings. The number of fused-ring (bicyclic) bond motifs is 1. The van der Waals surface area contributed by atoms with Crippen molar-refractivity contribution in [1.82, 2.24) is 20.2 Å². The lowest BCUT2D eigenvalue weighted by Gasteiger charge is -2.28. The third kappa shape index (κ3) is 3.28. The quantitative estimate of drug-likeness (QED) is 0.581.